The number of hydrogen-bond donors (Lipinski definition) is 1. The molecule has 1 N–H and O–H groups in total. The number of nitrogens with one attached hydrogen (secondary N) is 1. The molecule has 0 saturated carbocycles. The molecule has 0 unspecified atom stereocenters. The SMILES string of the molecule is Cc1ccc(Cl)c(OCC(=O)O[C@@H](C)C(=O)NCc2ccccc2Cl)c1. The van der Waals surface area contributed by atoms with Crippen molar-refractivity contribution in [2.24, 2.45) is 0 Å². The largest absolute Gasteiger partial charge is 0.480 e. The van der Waals surface area contributed by atoms with Crippen molar-refractivity contribution >= 4 is 35.1 Å². The van der Waals surface area contributed by atoms with Gasteiger partial charge in [-0.25, -0.2) is 4.79 Å². The van der Waals surface area contributed by atoms with E-state index in [-0.39, 0.29) is 13.2 Å². The van der Waals surface area contributed by atoms with Crippen molar-refractivity contribution in [3.05, 3.63) is 63.6 Å². The molecule has 0 aliphatic rings. The maximum absolute atomic E-state index is 12.0. The number of carbonyl (C=O) groups excluding carboxylic acids is 2. The van der Waals surface area contributed by atoms with Gasteiger partial charge in [-0.15, -0.1) is 0 Å². The number of rotatable bonds is 7. The number of carbonyl (C=O) groups is 2. The van der Waals surface area contributed by atoms with E-state index in [2.05, 4.69) is 5.32 Å². The third kappa shape index (κ3) is 5.93. The third-order valence-corrected chi connectivity index (χ3v) is 4.20. The Morgan fingerprint density at radius 3 is 2.58 bits per heavy atom. The van der Waals surface area contributed by atoms with Crippen LogP contribution in [0.3, 0.4) is 0 Å². The maximum atomic E-state index is 12.0. The predicted octanol–water partition coefficient (Wildman–Crippen LogP) is 3.93. The quantitative estimate of drug-likeness (QED) is 0.721. The molecule has 2 aromatic carbocycles. The number of benzene rings is 2. The van der Waals surface area contributed by atoms with Crippen LogP contribution in [0.2, 0.25) is 10.0 Å². The van der Waals surface area contributed by atoms with E-state index in [1.807, 2.05) is 19.1 Å². The zero-order valence-electron chi connectivity index (χ0n) is 14.4. The maximum Gasteiger partial charge on any atom is 0.344 e. The van der Waals surface area contributed by atoms with E-state index in [0.717, 1.165) is 11.1 Å². The molecule has 0 saturated heterocycles. The Kier molecular flexibility index (Phi) is 7.30. The minimum Gasteiger partial charge on any atom is -0.480 e. The molecule has 5 nitrogen and oxygen atoms in total. The van der Waals surface area contributed by atoms with E-state index in [9.17, 15) is 9.59 Å². The van der Waals surface area contributed by atoms with Crippen LogP contribution in [0.4, 0.5) is 0 Å². The number of aryl methyl sites for hydroxylation is 1. The molecule has 0 bridgehead atoms. The van der Waals surface area contributed by atoms with Gasteiger partial charge in [-0.2, -0.15) is 0 Å². The highest BCUT2D eigenvalue weighted by Crippen LogP contribution is 2.25. The first-order valence-corrected chi connectivity index (χ1v) is 8.72. The highest BCUT2D eigenvalue weighted by molar-refractivity contribution is 6.32. The van der Waals surface area contributed by atoms with Crippen LogP contribution >= 0.6 is 23.2 Å². The molecule has 1 amide bonds. The minimum atomic E-state index is -0.957. The molecule has 0 fully saturated rings. The number of hydrogen-bond acceptors (Lipinski definition) is 4. The summed E-state index contributed by atoms with van der Waals surface area (Å²) in [5, 5.41) is 3.63. The van der Waals surface area contributed by atoms with Gasteiger partial charge in [0.15, 0.2) is 12.7 Å². The summed E-state index contributed by atoms with van der Waals surface area (Å²) in [7, 11) is 0. The predicted molar refractivity (Wildman–Crippen MR) is 101 cm³/mol. The zero-order chi connectivity index (χ0) is 19.1. The zero-order valence-corrected chi connectivity index (χ0v) is 15.9. The van der Waals surface area contributed by atoms with Crippen molar-refractivity contribution in [2.75, 3.05) is 6.61 Å². The summed E-state index contributed by atoms with van der Waals surface area (Å²) in [5.74, 6) is -0.700. The monoisotopic (exact) mass is 395 g/mol. The van der Waals surface area contributed by atoms with E-state index in [1.165, 1.54) is 6.92 Å². The molecular weight excluding hydrogens is 377 g/mol. The Hall–Kier alpha value is -2.24. The van der Waals surface area contributed by atoms with E-state index >= 15 is 0 Å². The van der Waals surface area contributed by atoms with Gasteiger partial charge in [0.1, 0.15) is 5.75 Å². The van der Waals surface area contributed by atoms with E-state index < -0.39 is 18.0 Å². The molecule has 0 aliphatic carbocycles. The summed E-state index contributed by atoms with van der Waals surface area (Å²) < 4.78 is 10.4. The van der Waals surface area contributed by atoms with Crippen molar-refractivity contribution in [2.45, 2.75) is 26.5 Å². The normalized spacial score (nSPS) is 11.5. The molecule has 26 heavy (non-hydrogen) atoms. The van der Waals surface area contributed by atoms with Gasteiger partial charge in [-0.05, 0) is 43.2 Å². The second kappa shape index (κ2) is 9.46. The second-order valence-electron chi connectivity index (χ2n) is 5.66. The average molecular weight is 396 g/mol. The lowest BCUT2D eigenvalue weighted by Gasteiger charge is -2.14. The van der Waals surface area contributed by atoms with Crippen LogP contribution < -0.4 is 10.1 Å². The standard InChI is InChI=1S/C19H19Cl2NO4/c1-12-7-8-16(21)17(9-12)25-11-18(23)26-13(2)19(24)22-10-14-5-3-4-6-15(14)20/h3-9,13H,10-11H2,1-2H3,(H,22,24)/t13-/m0/s1. The van der Waals surface area contributed by atoms with Crippen LogP contribution in [0.25, 0.3) is 0 Å². The van der Waals surface area contributed by atoms with Crippen LogP contribution in [0.15, 0.2) is 42.5 Å². The average Bonchev–Trinajstić information content (AvgIpc) is 2.61. The second-order valence-corrected chi connectivity index (χ2v) is 6.48. The van der Waals surface area contributed by atoms with Crippen molar-refractivity contribution in [1.29, 1.82) is 0 Å². The lowest BCUT2D eigenvalue weighted by atomic mass is 10.2. The van der Waals surface area contributed by atoms with Gasteiger partial charge in [0.25, 0.3) is 5.91 Å². The first kappa shape index (κ1) is 20.1. The van der Waals surface area contributed by atoms with Gasteiger partial charge < -0.3 is 14.8 Å². The molecule has 1 atom stereocenters. The van der Waals surface area contributed by atoms with E-state index in [4.69, 9.17) is 32.7 Å². The van der Waals surface area contributed by atoms with Gasteiger partial charge in [-0.1, -0.05) is 47.5 Å². The van der Waals surface area contributed by atoms with Crippen molar-refractivity contribution in [3.8, 4) is 5.75 Å². The van der Waals surface area contributed by atoms with Gasteiger partial charge in [0, 0.05) is 11.6 Å². The van der Waals surface area contributed by atoms with E-state index in [0.29, 0.717) is 15.8 Å². The van der Waals surface area contributed by atoms with Gasteiger partial charge >= 0.3 is 5.97 Å². The molecule has 2 aromatic rings. The number of halogens is 2. The topological polar surface area (TPSA) is 64.6 Å². The van der Waals surface area contributed by atoms with Crippen LogP contribution in [0, 0.1) is 6.92 Å². The Balaban J connectivity index is 1.79. The van der Waals surface area contributed by atoms with Crippen LogP contribution in [-0.2, 0) is 20.9 Å². The van der Waals surface area contributed by atoms with Crippen molar-refractivity contribution in [3.63, 3.8) is 0 Å². The van der Waals surface area contributed by atoms with Crippen molar-refractivity contribution < 1.29 is 19.1 Å². The highest BCUT2D eigenvalue weighted by Gasteiger charge is 2.18. The Bertz CT molecular complexity index is 795. The molecule has 0 spiro atoms. The summed E-state index contributed by atoms with van der Waals surface area (Å²) in [6.07, 6.45) is -0.957. The summed E-state index contributed by atoms with van der Waals surface area (Å²) >= 11 is 12.0. The smallest absolute Gasteiger partial charge is 0.344 e. The third-order valence-electron chi connectivity index (χ3n) is 3.52. The summed E-state index contributed by atoms with van der Waals surface area (Å²) in [5.41, 5.74) is 1.73. The van der Waals surface area contributed by atoms with Crippen LogP contribution in [-0.4, -0.2) is 24.6 Å². The lowest BCUT2D eigenvalue weighted by molar-refractivity contribution is -0.156. The highest BCUT2D eigenvalue weighted by atomic mass is 35.5. The fourth-order valence-electron chi connectivity index (χ4n) is 2.11. The molecule has 0 aliphatic heterocycles. The van der Waals surface area contributed by atoms with Gasteiger partial charge in [0.05, 0.1) is 5.02 Å². The fraction of sp³-hybridized carbons (Fsp3) is 0.263. The fourth-order valence-corrected chi connectivity index (χ4v) is 2.49. The lowest BCUT2D eigenvalue weighted by Crippen LogP contribution is -2.36. The van der Waals surface area contributed by atoms with Crippen LogP contribution in [0.5, 0.6) is 5.75 Å². The first-order chi connectivity index (χ1) is 12.4. The minimum absolute atomic E-state index is 0.246. The number of esters is 1. The molecule has 0 heterocycles. The molecule has 0 aromatic heterocycles. The molecule has 0 radical (unpaired) electrons. The number of ether oxygens (including phenoxy) is 2. The first-order valence-electron chi connectivity index (χ1n) is 7.96. The molecule has 138 valence electrons. The van der Waals surface area contributed by atoms with Crippen molar-refractivity contribution in [1.82, 2.24) is 5.32 Å². The molecular formula is C19H19Cl2NO4. The van der Waals surface area contributed by atoms with Gasteiger partial charge in [0.2, 0.25) is 0 Å². The van der Waals surface area contributed by atoms with E-state index in [1.54, 1.807) is 30.3 Å². The van der Waals surface area contributed by atoms with Crippen LogP contribution in [0.1, 0.15) is 18.1 Å². The molecule has 7 heteroatoms. The Morgan fingerprint density at radius 2 is 1.85 bits per heavy atom. The molecule has 2 rings (SSSR count). The Labute approximate surface area is 162 Å². The number of amides is 1. The summed E-state index contributed by atoms with van der Waals surface area (Å²) in [4.78, 5) is 23.9. The summed E-state index contributed by atoms with van der Waals surface area (Å²) in [6.45, 7) is 3.27. The Morgan fingerprint density at radius 1 is 1.12 bits per heavy atom. The summed E-state index contributed by atoms with van der Waals surface area (Å²) in [6, 6.07) is 12.4. The van der Waals surface area contributed by atoms with Gasteiger partial charge in [-0.3, -0.25) is 4.79 Å².